The summed E-state index contributed by atoms with van der Waals surface area (Å²) in [6.07, 6.45) is 3.23. The van der Waals surface area contributed by atoms with Crippen molar-refractivity contribution in [3.8, 4) is 0 Å². The van der Waals surface area contributed by atoms with Crippen LogP contribution in [0, 0.1) is 12.8 Å². The number of nitrogens with one attached hydrogen (secondary N) is 2. The van der Waals surface area contributed by atoms with Crippen molar-refractivity contribution in [1.82, 2.24) is 10.3 Å². The average molecular weight is 353 g/mol. The van der Waals surface area contributed by atoms with Crippen molar-refractivity contribution < 1.29 is 9.59 Å². The molecule has 1 heterocycles. The smallest absolute Gasteiger partial charge is 0.274 e. The number of hydrogen-bond donors (Lipinski definition) is 2. The molecule has 2 N–H and O–H groups in total. The van der Waals surface area contributed by atoms with Gasteiger partial charge in [0.15, 0.2) is 0 Å². The number of anilines is 1. The number of aromatic nitrogens is 1. The van der Waals surface area contributed by atoms with Crippen LogP contribution in [0.2, 0.25) is 0 Å². The Morgan fingerprint density at radius 1 is 1.15 bits per heavy atom. The van der Waals surface area contributed by atoms with Crippen LogP contribution in [0.4, 0.5) is 5.69 Å². The third-order valence-electron chi connectivity index (χ3n) is 4.24. The van der Waals surface area contributed by atoms with E-state index in [9.17, 15) is 9.59 Å². The minimum Gasteiger partial charge on any atom is -0.352 e. The first-order chi connectivity index (χ1) is 12.4. The fourth-order valence-electron chi connectivity index (χ4n) is 2.65. The first-order valence-electron chi connectivity index (χ1n) is 9.06. The molecule has 2 aromatic rings. The number of amides is 2. The molecule has 0 spiro atoms. The molecule has 138 valence electrons. The molecule has 2 amide bonds. The van der Waals surface area contributed by atoms with Crippen molar-refractivity contribution >= 4 is 17.5 Å². The Morgan fingerprint density at radius 2 is 1.92 bits per heavy atom. The first kappa shape index (κ1) is 19.6. The second-order valence-corrected chi connectivity index (χ2v) is 6.78. The van der Waals surface area contributed by atoms with E-state index in [0.29, 0.717) is 18.0 Å². The molecule has 0 unspecified atom stereocenters. The summed E-state index contributed by atoms with van der Waals surface area (Å²) in [7, 11) is 0. The summed E-state index contributed by atoms with van der Waals surface area (Å²) >= 11 is 0. The van der Waals surface area contributed by atoms with Crippen molar-refractivity contribution in [2.45, 2.75) is 40.5 Å². The molecule has 2 rings (SSSR count). The Morgan fingerprint density at radius 3 is 2.62 bits per heavy atom. The predicted octanol–water partition coefficient (Wildman–Crippen LogP) is 3.98. The molecule has 0 fully saturated rings. The minimum atomic E-state index is -0.314. The molecule has 26 heavy (non-hydrogen) atoms. The molecule has 0 radical (unpaired) electrons. The van der Waals surface area contributed by atoms with E-state index in [0.717, 1.165) is 29.7 Å². The third-order valence-corrected chi connectivity index (χ3v) is 4.24. The number of benzene rings is 1. The zero-order valence-corrected chi connectivity index (χ0v) is 15.9. The zero-order chi connectivity index (χ0) is 19.1. The summed E-state index contributed by atoms with van der Waals surface area (Å²) in [5.41, 5.74) is 3.55. The van der Waals surface area contributed by atoms with Gasteiger partial charge < -0.3 is 10.6 Å². The van der Waals surface area contributed by atoms with Crippen LogP contribution in [0.15, 0.2) is 36.5 Å². The maximum atomic E-state index is 12.6. The number of para-hydroxylation sites is 1. The first-order valence-corrected chi connectivity index (χ1v) is 9.06. The normalized spacial score (nSPS) is 10.7. The number of carbonyl (C=O) groups excluding carboxylic acids is 2. The van der Waals surface area contributed by atoms with Crippen molar-refractivity contribution in [1.29, 1.82) is 0 Å². The lowest BCUT2D eigenvalue weighted by Crippen LogP contribution is -2.26. The van der Waals surface area contributed by atoms with Crippen LogP contribution in [0.25, 0.3) is 0 Å². The molecule has 0 aliphatic heterocycles. The van der Waals surface area contributed by atoms with Gasteiger partial charge in [-0.1, -0.05) is 39.0 Å². The van der Waals surface area contributed by atoms with E-state index in [-0.39, 0.29) is 17.5 Å². The van der Waals surface area contributed by atoms with Gasteiger partial charge in [-0.25, -0.2) is 0 Å². The summed E-state index contributed by atoms with van der Waals surface area (Å²) in [5.74, 6) is 0.0222. The number of nitrogens with zero attached hydrogens (tertiary/aromatic N) is 1. The number of hydrogen-bond acceptors (Lipinski definition) is 3. The molecule has 1 aromatic heterocycles. The molecule has 0 bridgehead atoms. The Labute approximate surface area is 155 Å². The van der Waals surface area contributed by atoms with E-state index in [1.54, 1.807) is 6.07 Å². The summed E-state index contributed by atoms with van der Waals surface area (Å²) in [4.78, 5) is 29.0. The van der Waals surface area contributed by atoms with Crippen LogP contribution in [0.1, 0.15) is 59.2 Å². The van der Waals surface area contributed by atoms with Gasteiger partial charge in [-0.05, 0) is 48.9 Å². The fourth-order valence-corrected chi connectivity index (χ4v) is 2.65. The van der Waals surface area contributed by atoms with E-state index in [4.69, 9.17) is 0 Å². The molecule has 0 saturated carbocycles. The van der Waals surface area contributed by atoms with Crippen molar-refractivity contribution in [2.24, 2.45) is 5.92 Å². The second kappa shape index (κ2) is 9.13. The number of pyridine rings is 1. The Kier molecular flexibility index (Phi) is 6.89. The summed E-state index contributed by atoms with van der Waals surface area (Å²) in [6.45, 7) is 8.84. The van der Waals surface area contributed by atoms with Crippen LogP contribution in [-0.4, -0.2) is 23.3 Å². The summed E-state index contributed by atoms with van der Waals surface area (Å²) in [5, 5.41) is 5.81. The second-order valence-electron chi connectivity index (χ2n) is 6.78. The van der Waals surface area contributed by atoms with Crippen molar-refractivity contribution in [2.75, 3.05) is 11.9 Å². The minimum absolute atomic E-state index is 0.188. The largest absolute Gasteiger partial charge is 0.352 e. The van der Waals surface area contributed by atoms with E-state index in [1.165, 1.54) is 12.3 Å². The highest BCUT2D eigenvalue weighted by Gasteiger charge is 2.14. The van der Waals surface area contributed by atoms with E-state index in [2.05, 4.69) is 29.5 Å². The predicted molar refractivity (Wildman–Crippen MR) is 105 cm³/mol. The van der Waals surface area contributed by atoms with Crippen LogP contribution in [0.3, 0.4) is 0 Å². The van der Waals surface area contributed by atoms with Crippen LogP contribution in [0.5, 0.6) is 0 Å². The van der Waals surface area contributed by atoms with Gasteiger partial charge in [-0.2, -0.15) is 0 Å². The lowest BCUT2D eigenvalue weighted by Gasteiger charge is -2.13. The van der Waals surface area contributed by atoms with Gasteiger partial charge in [-0.3, -0.25) is 14.6 Å². The van der Waals surface area contributed by atoms with Crippen LogP contribution >= 0.6 is 0 Å². The molecule has 0 atom stereocenters. The van der Waals surface area contributed by atoms with E-state index < -0.39 is 0 Å². The maximum absolute atomic E-state index is 12.6. The van der Waals surface area contributed by atoms with Gasteiger partial charge in [0.1, 0.15) is 5.69 Å². The van der Waals surface area contributed by atoms with E-state index in [1.807, 2.05) is 32.0 Å². The van der Waals surface area contributed by atoms with Gasteiger partial charge in [-0.15, -0.1) is 0 Å². The SMILES string of the molecule is CCc1cccc(C)c1NC(=O)c1cc(C(=O)NCCC(C)C)ccn1. The molecule has 5 heteroatoms. The zero-order valence-electron chi connectivity index (χ0n) is 15.9. The number of carbonyl (C=O) groups is 2. The average Bonchev–Trinajstić information content (AvgIpc) is 2.63. The standard InChI is InChI=1S/C21H27N3O2/c1-5-16-8-6-7-15(4)19(16)24-21(26)18-13-17(10-12-22-18)20(25)23-11-9-14(2)3/h6-8,10,12-14H,5,9,11H2,1-4H3,(H,23,25)(H,24,26). The Balaban J connectivity index is 2.12. The van der Waals surface area contributed by atoms with Crippen LogP contribution < -0.4 is 10.6 Å². The highest BCUT2D eigenvalue weighted by molar-refractivity contribution is 6.05. The molecular formula is C21H27N3O2. The molecule has 0 saturated heterocycles. The quantitative estimate of drug-likeness (QED) is 0.791. The highest BCUT2D eigenvalue weighted by atomic mass is 16.2. The van der Waals surface area contributed by atoms with Gasteiger partial charge >= 0.3 is 0 Å². The maximum Gasteiger partial charge on any atom is 0.274 e. The Hall–Kier alpha value is -2.69. The summed E-state index contributed by atoms with van der Waals surface area (Å²) in [6, 6.07) is 9.08. The fraction of sp³-hybridized carbons (Fsp3) is 0.381. The number of rotatable bonds is 7. The molecular weight excluding hydrogens is 326 g/mol. The topological polar surface area (TPSA) is 71.1 Å². The van der Waals surface area contributed by atoms with Gasteiger partial charge in [0, 0.05) is 24.0 Å². The molecule has 5 nitrogen and oxygen atoms in total. The molecule has 1 aromatic carbocycles. The molecule has 0 aliphatic carbocycles. The van der Waals surface area contributed by atoms with Gasteiger partial charge in [0.2, 0.25) is 0 Å². The van der Waals surface area contributed by atoms with Gasteiger partial charge in [0.05, 0.1) is 0 Å². The third kappa shape index (κ3) is 5.15. The highest BCUT2D eigenvalue weighted by Crippen LogP contribution is 2.21. The lowest BCUT2D eigenvalue weighted by atomic mass is 10.1. The van der Waals surface area contributed by atoms with Crippen molar-refractivity contribution in [3.63, 3.8) is 0 Å². The van der Waals surface area contributed by atoms with Crippen LogP contribution in [-0.2, 0) is 6.42 Å². The molecule has 0 aliphatic rings. The lowest BCUT2D eigenvalue weighted by molar-refractivity contribution is 0.0952. The monoisotopic (exact) mass is 353 g/mol. The Bertz CT molecular complexity index is 785. The van der Waals surface area contributed by atoms with Gasteiger partial charge in [0.25, 0.3) is 11.8 Å². The summed E-state index contributed by atoms with van der Waals surface area (Å²) < 4.78 is 0. The number of aryl methyl sites for hydroxylation is 2. The van der Waals surface area contributed by atoms with Crippen molar-refractivity contribution in [3.05, 3.63) is 58.9 Å². The van der Waals surface area contributed by atoms with E-state index >= 15 is 0 Å².